The quantitative estimate of drug-likeness (QED) is 0.412. The monoisotopic (exact) mass is 395 g/mol. The number of methoxy groups -OCH3 is 1. The van der Waals surface area contributed by atoms with Crippen molar-refractivity contribution in [2.75, 3.05) is 38.8 Å². The fourth-order valence-electron chi connectivity index (χ4n) is 1.91. The maximum absolute atomic E-state index is 11.8. The molecule has 0 N–H and O–H groups in total. The van der Waals surface area contributed by atoms with Crippen molar-refractivity contribution >= 4 is 33.3 Å². The van der Waals surface area contributed by atoms with Crippen LogP contribution in [0.25, 0.3) is 0 Å². The molecule has 0 aliphatic carbocycles. The summed E-state index contributed by atoms with van der Waals surface area (Å²) in [5.41, 5.74) is 0. The number of ether oxygens (including phenoxy) is 1. The SMILES string of the molecule is CC.CC.CC(=O)CCSSCCCC(=O)N1CCC(C)C1.COC. The number of carbonyl (C=O) groups excluding carboxylic acids is 2. The van der Waals surface area contributed by atoms with E-state index in [0.29, 0.717) is 24.7 Å². The van der Waals surface area contributed by atoms with Crippen LogP contribution >= 0.6 is 21.6 Å². The minimum atomic E-state index is 0.251. The Balaban J connectivity index is -0.000000605. The average Bonchev–Trinajstić information content (AvgIpc) is 3.04. The number of likely N-dealkylation sites (tertiary alicyclic amines) is 1. The first-order valence-electron chi connectivity index (χ1n) is 9.43. The number of rotatable bonds is 8. The van der Waals surface area contributed by atoms with Gasteiger partial charge in [-0.3, -0.25) is 9.59 Å². The van der Waals surface area contributed by atoms with Gasteiger partial charge in [0, 0.05) is 51.7 Å². The molecular formula is C19H41NO3S2. The highest BCUT2D eigenvalue weighted by Crippen LogP contribution is 2.24. The van der Waals surface area contributed by atoms with E-state index in [1.807, 2.05) is 32.6 Å². The molecule has 152 valence electrons. The lowest BCUT2D eigenvalue weighted by Gasteiger charge is -2.15. The van der Waals surface area contributed by atoms with Crippen LogP contribution in [-0.2, 0) is 14.3 Å². The zero-order valence-electron chi connectivity index (χ0n) is 17.7. The fourth-order valence-corrected chi connectivity index (χ4v) is 4.08. The molecule has 0 saturated carbocycles. The maximum atomic E-state index is 11.8. The second-order valence-corrected chi connectivity index (χ2v) is 8.04. The van der Waals surface area contributed by atoms with Gasteiger partial charge in [-0.15, -0.1) is 0 Å². The Morgan fingerprint density at radius 1 is 1.04 bits per heavy atom. The third kappa shape index (κ3) is 21.8. The van der Waals surface area contributed by atoms with Crippen LogP contribution in [-0.4, -0.2) is 55.4 Å². The lowest BCUT2D eigenvalue weighted by molar-refractivity contribution is -0.130. The Kier molecular flexibility index (Phi) is 28.1. The number of carbonyl (C=O) groups is 2. The molecule has 0 aromatic carbocycles. The van der Waals surface area contributed by atoms with Crippen LogP contribution < -0.4 is 0 Å². The van der Waals surface area contributed by atoms with E-state index in [9.17, 15) is 9.59 Å². The van der Waals surface area contributed by atoms with E-state index in [1.165, 1.54) is 0 Å². The summed E-state index contributed by atoms with van der Waals surface area (Å²) in [5.74, 6) is 3.12. The van der Waals surface area contributed by atoms with Crippen LogP contribution in [0.15, 0.2) is 0 Å². The van der Waals surface area contributed by atoms with Gasteiger partial charge in [0.15, 0.2) is 0 Å². The van der Waals surface area contributed by atoms with E-state index < -0.39 is 0 Å². The van der Waals surface area contributed by atoms with Crippen molar-refractivity contribution in [2.45, 2.75) is 67.2 Å². The van der Waals surface area contributed by atoms with Crippen LogP contribution in [0.1, 0.15) is 67.2 Å². The standard InChI is InChI=1S/C13H23NO2S2.C2H6O.2C2H6/c1-11-5-7-14(10-11)13(16)4-3-8-17-18-9-6-12(2)15;1-3-2;2*1-2/h11H,3-10H2,1-2H3;1-2H3;2*1-2H3. The van der Waals surface area contributed by atoms with Crippen LogP contribution in [0.2, 0.25) is 0 Å². The molecule has 6 heteroatoms. The highest BCUT2D eigenvalue weighted by atomic mass is 33.1. The number of hydrogen-bond donors (Lipinski definition) is 0. The number of ketones is 1. The Bertz CT molecular complexity index is 302. The van der Waals surface area contributed by atoms with Crippen molar-refractivity contribution in [1.82, 2.24) is 4.90 Å². The molecule has 1 unspecified atom stereocenters. The van der Waals surface area contributed by atoms with E-state index in [2.05, 4.69) is 11.7 Å². The average molecular weight is 396 g/mol. The Labute approximate surface area is 164 Å². The van der Waals surface area contributed by atoms with Gasteiger partial charge in [-0.05, 0) is 25.7 Å². The minimum Gasteiger partial charge on any atom is -0.388 e. The van der Waals surface area contributed by atoms with Crippen LogP contribution in [0.4, 0.5) is 0 Å². The van der Waals surface area contributed by atoms with Crippen molar-refractivity contribution in [3.8, 4) is 0 Å². The summed E-state index contributed by atoms with van der Waals surface area (Å²) in [7, 11) is 6.76. The fraction of sp³-hybridized carbons (Fsp3) is 0.895. The highest BCUT2D eigenvalue weighted by molar-refractivity contribution is 8.76. The maximum Gasteiger partial charge on any atom is 0.222 e. The predicted molar refractivity (Wildman–Crippen MR) is 115 cm³/mol. The topological polar surface area (TPSA) is 46.6 Å². The molecular weight excluding hydrogens is 354 g/mol. The second-order valence-electron chi connectivity index (χ2n) is 5.34. The van der Waals surface area contributed by atoms with E-state index >= 15 is 0 Å². The molecule has 1 atom stereocenters. The third-order valence-corrected chi connectivity index (χ3v) is 5.51. The number of nitrogens with zero attached hydrogens (tertiary/aromatic N) is 1. The molecule has 1 amide bonds. The number of hydrogen-bond acceptors (Lipinski definition) is 5. The van der Waals surface area contributed by atoms with Crippen molar-refractivity contribution in [2.24, 2.45) is 5.92 Å². The summed E-state index contributed by atoms with van der Waals surface area (Å²) in [5, 5.41) is 0. The van der Waals surface area contributed by atoms with Gasteiger partial charge >= 0.3 is 0 Å². The van der Waals surface area contributed by atoms with Crippen LogP contribution in [0.3, 0.4) is 0 Å². The number of amides is 1. The normalized spacial score (nSPS) is 15.0. The van der Waals surface area contributed by atoms with Crippen molar-refractivity contribution in [3.05, 3.63) is 0 Å². The van der Waals surface area contributed by atoms with E-state index in [-0.39, 0.29) is 5.78 Å². The molecule has 0 aromatic heterocycles. The van der Waals surface area contributed by atoms with Crippen LogP contribution in [0, 0.1) is 5.92 Å². The van der Waals surface area contributed by atoms with Crippen molar-refractivity contribution in [1.29, 1.82) is 0 Å². The highest BCUT2D eigenvalue weighted by Gasteiger charge is 2.22. The molecule has 0 radical (unpaired) electrons. The molecule has 1 saturated heterocycles. The van der Waals surface area contributed by atoms with E-state index in [0.717, 1.165) is 37.4 Å². The molecule has 0 spiro atoms. The van der Waals surface area contributed by atoms with Crippen molar-refractivity contribution in [3.63, 3.8) is 0 Å². The van der Waals surface area contributed by atoms with Gasteiger partial charge < -0.3 is 9.64 Å². The molecule has 25 heavy (non-hydrogen) atoms. The first kappa shape index (κ1) is 29.6. The summed E-state index contributed by atoms with van der Waals surface area (Å²) in [6.45, 7) is 13.7. The first-order chi connectivity index (χ1) is 12.0. The summed E-state index contributed by atoms with van der Waals surface area (Å²) < 4.78 is 4.25. The molecule has 1 fully saturated rings. The summed E-state index contributed by atoms with van der Waals surface area (Å²) in [6.07, 6.45) is 3.43. The lowest BCUT2D eigenvalue weighted by Crippen LogP contribution is -2.28. The van der Waals surface area contributed by atoms with Gasteiger partial charge in [-0.25, -0.2) is 0 Å². The van der Waals surface area contributed by atoms with Gasteiger partial charge in [0.05, 0.1) is 0 Å². The lowest BCUT2D eigenvalue weighted by atomic mass is 10.2. The van der Waals surface area contributed by atoms with Gasteiger partial charge in [0.1, 0.15) is 5.78 Å². The zero-order chi connectivity index (χ0) is 20.1. The summed E-state index contributed by atoms with van der Waals surface area (Å²) in [6, 6.07) is 0. The van der Waals surface area contributed by atoms with Crippen molar-refractivity contribution < 1.29 is 14.3 Å². The molecule has 4 nitrogen and oxygen atoms in total. The van der Waals surface area contributed by atoms with Gasteiger partial charge in [0.2, 0.25) is 5.91 Å². The molecule has 1 aliphatic heterocycles. The molecule has 0 aromatic rings. The minimum absolute atomic E-state index is 0.251. The number of Topliss-reactive ketones (excluding diaryl/α,β-unsaturated/α-hetero) is 1. The van der Waals surface area contributed by atoms with Gasteiger partial charge in [-0.2, -0.15) is 0 Å². The van der Waals surface area contributed by atoms with Gasteiger partial charge in [0.25, 0.3) is 0 Å². The summed E-state index contributed by atoms with van der Waals surface area (Å²) >= 11 is 0. The Morgan fingerprint density at radius 3 is 2.00 bits per heavy atom. The Morgan fingerprint density at radius 2 is 1.56 bits per heavy atom. The molecule has 1 heterocycles. The predicted octanol–water partition coefficient (Wildman–Crippen LogP) is 5.31. The largest absolute Gasteiger partial charge is 0.388 e. The zero-order valence-corrected chi connectivity index (χ0v) is 19.4. The van der Waals surface area contributed by atoms with E-state index in [4.69, 9.17) is 0 Å². The molecule has 1 rings (SSSR count). The summed E-state index contributed by atoms with van der Waals surface area (Å²) in [4.78, 5) is 24.6. The molecule has 1 aliphatic rings. The second kappa shape index (κ2) is 23.8. The Hall–Kier alpha value is -0.200. The van der Waals surface area contributed by atoms with Gasteiger partial charge in [-0.1, -0.05) is 56.2 Å². The third-order valence-electron chi connectivity index (χ3n) is 3.02. The smallest absolute Gasteiger partial charge is 0.222 e. The first-order valence-corrected chi connectivity index (χ1v) is 11.9. The van der Waals surface area contributed by atoms with Crippen LogP contribution in [0.5, 0.6) is 0 Å². The molecule has 0 bridgehead atoms. The van der Waals surface area contributed by atoms with E-state index in [1.54, 1.807) is 42.7 Å².